The number of carbonyl (C=O) groups excluding carboxylic acids is 1. The summed E-state index contributed by atoms with van der Waals surface area (Å²) in [6.07, 6.45) is 0.893. The molecule has 0 radical (unpaired) electrons. The molecule has 1 aliphatic heterocycles. The third kappa shape index (κ3) is 1.97. The van der Waals surface area contributed by atoms with Gasteiger partial charge in [-0.25, -0.2) is 0 Å². The molecule has 0 unspecified atom stereocenters. The third-order valence-electron chi connectivity index (χ3n) is 5.68. The molecule has 1 amide bonds. The minimum absolute atomic E-state index is 0.0189. The molecule has 1 saturated carbocycles. The molecule has 0 atom stereocenters. The Balaban J connectivity index is 2.17. The first-order valence-electron chi connectivity index (χ1n) is 7.07. The summed E-state index contributed by atoms with van der Waals surface area (Å²) in [5.41, 5.74) is 4.97. The predicted octanol–water partition coefficient (Wildman–Crippen LogP) is 1.08. The molecule has 6 nitrogen and oxygen atoms in total. The van der Waals surface area contributed by atoms with Crippen LogP contribution in [-0.4, -0.2) is 36.2 Å². The van der Waals surface area contributed by atoms with Gasteiger partial charge in [-0.1, -0.05) is 32.9 Å². The Morgan fingerprint density at radius 1 is 1.25 bits per heavy atom. The van der Waals surface area contributed by atoms with Crippen molar-refractivity contribution in [3.8, 4) is 0 Å². The topological polar surface area (TPSA) is 96.9 Å². The summed E-state index contributed by atoms with van der Waals surface area (Å²) in [4.78, 5) is 12.7. The van der Waals surface area contributed by atoms with E-state index in [1.165, 1.54) is 0 Å². The van der Waals surface area contributed by atoms with Gasteiger partial charge in [0.15, 0.2) is 5.84 Å². The van der Waals surface area contributed by atoms with E-state index in [4.69, 9.17) is 15.7 Å². The van der Waals surface area contributed by atoms with Crippen LogP contribution < -0.4 is 11.1 Å². The van der Waals surface area contributed by atoms with E-state index in [0.29, 0.717) is 26.1 Å². The minimum atomic E-state index is -0.943. The van der Waals surface area contributed by atoms with Crippen molar-refractivity contribution in [1.82, 2.24) is 5.32 Å². The van der Waals surface area contributed by atoms with Gasteiger partial charge in [-0.3, -0.25) is 4.79 Å². The molecule has 6 heteroatoms. The molecule has 114 valence electrons. The molecule has 2 fully saturated rings. The molecule has 1 saturated heterocycles. The van der Waals surface area contributed by atoms with Crippen LogP contribution in [-0.2, 0) is 9.53 Å². The van der Waals surface area contributed by atoms with Crippen molar-refractivity contribution in [2.24, 2.45) is 27.1 Å². The van der Waals surface area contributed by atoms with E-state index in [1.54, 1.807) is 0 Å². The fourth-order valence-electron chi connectivity index (χ4n) is 3.24. The van der Waals surface area contributed by atoms with Crippen molar-refractivity contribution in [3.05, 3.63) is 0 Å². The fourth-order valence-corrected chi connectivity index (χ4v) is 3.24. The lowest BCUT2D eigenvalue weighted by Crippen LogP contribution is -2.53. The average molecular weight is 283 g/mol. The lowest BCUT2D eigenvalue weighted by atomic mass is 9.78. The second kappa shape index (κ2) is 4.62. The first-order chi connectivity index (χ1) is 9.20. The molecule has 2 aliphatic rings. The monoisotopic (exact) mass is 283 g/mol. The van der Waals surface area contributed by atoms with Crippen LogP contribution in [0.4, 0.5) is 0 Å². The Kier molecular flexibility index (Phi) is 3.48. The summed E-state index contributed by atoms with van der Waals surface area (Å²) in [5.74, 6) is -0.172. The van der Waals surface area contributed by atoms with Crippen molar-refractivity contribution in [2.45, 2.75) is 46.6 Å². The van der Waals surface area contributed by atoms with E-state index in [9.17, 15) is 4.79 Å². The van der Waals surface area contributed by atoms with E-state index < -0.39 is 5.41 Å². The van der Waals surface area contributed by atoms with Crippen LogP contribution in [0.2, 0.25) is 0 Å². The first kappa shape index (κ1) is 15.1. The highest BCUT2D eigenvalue weighted by molar-refractivity contribution is 6.07. The molecule has 0 aromatic heterocycles. The molecule has 1 aliphatic carbocycles. The molecular formula is C14H25N3O3. The van der Waals surface area contributed by atoms with Crippen LogP contribution in [0.5, 0.6) is 0 Å². The molecule has 0 spiro atoms. The summed E-state index contributed by atoms with van der Waals surface area (Å²) in [6.45, 7) is 9.44. The van der Waals surface area contributed by atoms with Crippen molar-refractivity contribution in [3.63, 3.8) is 0 Å². The fraction of sp³-hybridized carbons (Fsp3) is 0.857. The van der Waals surface area contributed by atoms with Crippen molar-refractivity contribution >= 4 is 11.7 Å². The number of amides is 1. The van der Waals surface area contributed by atoms with Gasteiger partial charge < -0.3 is 21.0 Å². The van der Waals surface area contributed by atoms with Crippen LogP contribution in [0.1, 0.15) is 40.5 Å². The number of hydrogen-bond acceptors (Lipinski definition) is 4. The number of carbonyl (C=O) groups is 1. The predicted molar refractivity (Wildman–Crippen MR) is 75.4 cm³/mol. The van der Waals surface area contributed by atoms with Gasteiger partial charge in [-0.2, -0.15) is 0 Å². The number of rotatable bonds is 3. The molecule has 0 bridgehead atoms. The quantitative estimate of drug-likeness (QED) is 0.312. The van der Waals surface area contributed by atoms with Crippen LogP contribution in [0.3, 0.4) is 0 Å². The third-order valence-corrected chi connectivity index (χ3v) is 5.68. The van der Waals surface area contributed by atoms with Gasteiger partial charge in [-0.05, 0) is 23.7 Å². The summed E-state index contributed by atoms with van der Waals surface area (Å²) in [7, 11) is 0. The molecular weight excluding hydrogens is 258 g/mol. The van der Waals surface area contributed by atoms with Crippen LogP contribution in [0.25, 0.3) is 0 Å². The number of nitrogens with one attached hydrogen (secondary N) is 1. The summed E-state index contributed by atoms with van der Waals surface area (Å²) in [5, 5.41) is 15.2. The van der Waals surface area contributed by atoms with Gasteiger partial charge in [-0.15, -0.1) is 0 Å². The second-order valence-electron chi connectivity index (χ2n) is 7.03. The molecule has 20 heavy (non-hydrogen) atoms. The molecule has 0 aromatic carbocycles. The Hall–Kier alpha value is -1.30. The SMILES string of the molecule is CC1(C)C(NC(=O)C2(C(N)=NO)CCOCC2)C1(C)C. The summed E-state index contributed by atoms with van der Waals surface area (Å²) >= 11 is 0. The molecule has 2 rings (SSSR count). The largest absolute Gasteiger partial charge is 0.409 e. The first-order valence-corrected chi connectivity index (χ1v) is 7.07. The smallest absolute Gasteiger partial charge is 0.234 e. The van der Waals surface area contributed by atoms with Gasteiger partial charge in [0.25, 0.3) is 0 Å². The molecule has 1 heterocycles. The van der Waals surface area contributed by atoms with Crippen molar-refractivity contribution < 1.29 is 14.7 Å². The summed E-state index contributed by atoms with van der Waals surface area (Å²) in [6, 6.07) is 0.105. The van der Waals surface area contributed by atoms with Gasteiger partial charge in [0, 0.05) is 19.3 Å². The zero-order valence-electron chi connectivity index (χ0n) is 12.7. The van der Waals surface area contributed by atoms with Crippen LogP contribution >= 0.6 is 0 Å². The van der Waals surface area contributed by atoms with E-state index >= 15 is 0 Å². The number of amidine groups is 1. The van der Waals surface area contributed by atoms with Crippen LogP contribution in [0.15, 0.2) is 5.16 Å². The molecule has 0 aromatic rings. The van der Waals surface area contributed by atoms with Gasteiger partial charge >= 0.3 is 0 Å². The number of oxime groups is 1. The van der Waals surface area contributed by atoms with E-state index in [1.807, 2.05) is 0 Å². The summed E-state index contributed by atoms with van der Waals surface area (Å²) < 4.78 is 5.30. The normalized spacial score (nSPS) is 27.9. The van der Waals surface area contributed by atoms with Gasteiger partial charge in [0.1, 0.15) is 5.41 Å². The highest BCUT2D eigenvalue weighted by Gasteiger charge is 2.66. The van der Waals surface area contributed by atoms with Crippen molar-refractivity contribution in [2.75, 3.05) is 13.2 Å². The van der Waals surface area contributed by atoms with Gasteiger partial charge in [0.2, 0.25) is 5.91 Å². The number of nitrogens with zero attached hydrogens (tertiary/aromatic N) is 1. The van der Waals surface area contributed by atoms with Crippen LogP contribution in [0, 0.1) is 16.2 Å². The maximum absolute atomic E-state index is 12.7. The maximum Gasteiger partial charge on any atom is 0.234 e. The van der Waals surface area contributed by atoms with Crippen molar-refractivity contribution in [1.29, 1.82) is 0 Å². The lowest BCUT2D eigenvalue weighted by molar-refractivity contribution is -0.132. The Morgan fingerprint density at radius 3 is 2.15 bits per heavy atom. The second-order valence-corrected chi connectivity index (χ2v) is 7.03. The van der Waals surface area contributed by atoms with E-state index in [-0.39, 0.29) is 28.6 Å². The zero-order valence-corrected chi connectivity index (χ0v) is 12.7. The lowest BCUT2D eigenvalue weighted by Gasteiger charge is -2.34. The Bertz CT molecular complexity index is 423. The highest BCUT2D eigenvalue weighted by atomic mass is 16.5. The minimum Gasteiger partial charge on any atom is -0.409 e. The highest BCUT2D eigenvalue weighted by Crippen LogP contribution is 2.62. The zero-order chi connectivity index (χ0) is 15.2. The number of nitrogens with two attached hydrogens (primary N) is 1. The Morgan fingerprint density at radius 2 is 1.75 bits per heavy atom. The maximum atomic E-state index is 12.7. The van der Waals surface area contributed by atoms with Gasteiger partial charge in [0.05, 0.1) is 0 Å². The average Bonchev–Trinajstić information content (AvgIpc) is 2.80. The number of ether oxygens (including phenoxy) is 1. The van der Waals surface area contributed by atoms with E-state index in [0.717, 1.165) is 0 Å². The Labute approximate surface area is 119 Å². The number of hydrogen-bond donors (Lipinski definition) is 3. The molecule has 4 N–H and O–H groups in total. The standard InChI is InChI=1S/C14H25N3O3/c1-12(2)9(13(12,3)4)16-11(18)14(10(15)17-19)5-7-20-8-6-14/h9,19H,5-8H2,1-4H3,(H2,15,17)(H,16,18). The van der Waals surface area contributed by atoms with E-state index in [2.05, 4.69) is 38.2 Å².